The molecule has 1 N–H and O–H groups in total. The number of nitrogens with one attached hydrogen (secondary N) is 1. The van der Waals surface area contributed by atoms with Crippen LogP contribution in [0.2, 0.25) is 10.0 Å². The SMILES string of the molecule is Cc1ccc(-c2noc(CCC(=O)NC(C#N)c3ccc(Cl)c(Cl)c3)n2)cc1F. The van der Waals surface area contributed by atoms with E-state index in [1.54, 1.807) is 31.2 Å². The lowest BCUT2D eigenvalue weighted by Gasteiger charge is -2.12. The number of carbonyl (C=O) groups is 1. The Kier molecular flexibility index (Phi) is 6.47. The molecule has 0 saturated heterocycles. The van der Waals surface area contributed by atoms with Crippen molar-refractivity contribution >= 4 is 29.1 Å². The normalized spacial score (nSPS) is 11.7. The zero-order chi connectivity index (χ0) is 21.0. The Morgan fingerprint density at radius 1 is 1.28 bits per heavy atom. The number of amides is 1. The standard InChI is InChI=1S/C20H15Cl2FN4O2/c1-11-2-3-13(9-16(11)23)20-26-19(29-27-20)7-6-18(28)25-17(10-24)12-4-5-14(21)15(22)8-12/h2-5,8-9,17H,6-7H2,1H3,(H,25,28). The molecule has 0 aliphatic heterocycles. The summed E-state index contributed by atoms with van der Waals surface area (Å²) in [5, 5.41) is 16.4. The van der Waals surface area contributed by atoms with Gasteiger partial charge in [0.25, 0.3) is 0 Å². The largest absolute Gasteiger partial charge is 0.339 e. The van der Waals surface area contributed by atoms with Crippen molar-refractivity contribution in [1.82, 2.24) is 15.5 Å². The first kappa shape index (κ1) is 20.8. The Balaban J connectivity index is 1.60. The van der Waals surface area contributed by atoms with Crippen molar-refractivity contribution in [2.45, 2.75) is 25.8 Å². The summed E-state index contributed by atoms with van der Waals surface area (Å²) in [7, 11) is 0. The van der Waals surface area contributed by atoms with Crippen molar-refractivity contribution < 1.29 is 13.7 Å². The summed E-state index contributed by atoms with van der Waals surface area (Å²) in [5.74, 6) is -0.258. The van der Waals surface area contributed by atoms with E-state index in [4.69, 9.17) is 27.7 Å². The molecule has 1 amide bonds. The maximum Gasteiger partial charge on any atom is 0.227 e. The quantitative estimate of drug-likeness (QED) is 0.603. The van der Waals surface area contributed by atoms with Gasteiger partial charge in [0, 0.05) is 18.4 Å². The van der Waals surface area contributed by atoms with E-state index < -0.39 is 6.04 Å². The van der Waals surface area contributed by atoms with Gasteiger partial charge in [-0.25, -0.2) is 4.39 Å². The summed E-state index contributed by atoms with van der Waals surface area (Å²) in [6, 6.07) is 10.5. The van der Waals surface area contributed by atoms with Gasteiger partial charge in [0.2, 0.25) is 17.6 Å². The van der Waals surface area contributed by atoms with Crippen molar-refractivity contribution in [2.75, 3.05) is 0 Å². The first-order valence-corrected chi connectivity index (χ1v) is 9.36. The monoisotopic (exact) mass is 432 g/mol. The lowest BCUT2D eigenvalue weighted by Crippen LogP contribution is -2.27. The van der Waals surface area contributed by atoms with Gasteiger partial charge in [-0.15, -0.1) is 0 Å². The summed E-state index contributed by atoms with van der Waals surface area (Å²) < 4.78 is 18.8. The summed E-state index contributed by atoms with van der Waals surface area (Å²) in [5.41, 5.74) is 1.52. The Bertz CT molecular complexity index is 1090. The van der Waals surface area contributed by atoms with Crippen LogP contribution in [0.15, 0.2) is 40.9 Å². The van der Waals surface area contributed by atoms with Crippen molar-refractivity contribution in [3.05, 3.63) is 69.3 Å². The first-order valence-electron chi connectivity index (χ1n) is 8.60. The molecule has 6 nitrogen and oxygen atoms in total. The number of carbonyl (C=O) groups excluding carboxylic acids is 1. The molecular formula is C20H15Cl2FN4O2. The summed E-state index contributed by atoms with van der Waals surface area (Å²) in [6.07, 6.45) is 0.204. The van der Waals surface area contributed by atoms with Gasteiger partial charge in [-0.3, -0.25) is 4.79 Å². The highest BCUT2D eigenvalue weighted by Gasteiger charge is 2.17. The zero-order valence-corrected chi connectivity index (χ0v) is 16.8. The molecule has 2 aromatic carbocycles. The highest BCUT2D eigenvalue weighted by molar-refractivity contribution is 6.42. The van der Waals surface area contributed by atoms with Crippen LogP contribution in [0.25, 0.3) is 11.4 Å². The Hall–Kier alpha value is -2.95. The van der Waals surface area contributed by atoms with E-state index in [9.17, 15) is 14.4 Å². The average Bonchev–Trinajstić information content (AvgIpc) is 3.18. The van der Waals surface area contributed by atoms with Gasteiger partial charge in [0.15, 0.2) is 0 Å². The smallest absolute Gasteiger partial charge is 0.227 e. The van der Waals surface area contributed by atoms with E-state index in [0.29, 0.717) is 26.7 Å². The van der Waals surface area contributed by atoms with Crippen molar-refractivity contribution in [3.63, 3.8) is 0 Å². The Labute approximate surface area is 176 Å². The summed E-state index contributed by atoms with van der Waals surface area (Å²) in [4.78, 5) is 16.4. The second-order valence-electron chi connectivity index (χ2n) is 6.28. The summed E-state index contributed by atoms with van der Waals surface area (Å²) >= 11 is 11.8. The third-order valence-electron chi connectivity index (χ3n) is 4.18. The molecule has 3 aromatic rings. The molecule has 0 fully saturated rings. The molecule has 1 heterocycles. The predicted molar refractivity (Wildman–Crippen MR) is 106 cm³/mol. The van der Waals surface area contributed by atoms with Gasteiger partial charge >= 0.3 is 0 Å². The average molecular weight is 433 g/mol. The molecule has 0 radical (unpaired) electrons. The summed E-state index contributed by atoms with van der Waals surface area (Å²) in [6.45, 7) is 1.66. The first-order chi connectivity index (χ1) is 13.9. The fourth-order valence-electron chi connectivity index (χ4n) is 2.54. The molecule has 1 atom stereocenters. The molecule has 0 spiro atoms. The number of aryl methyl sites for hydroxylation is 2. The molecular weight excluding hydrogens is 418 g/mol. The van der Waals surface area contributed by atoms with Crippen molar-refractivity contribution in [1.29, 1.82) is 5.26 Å². The lowest BCUT2D eigenvalue weighted by molar-refractivity contribution is -0.121. The maximum absolute atomic E-state index is 13.7. The van der Waals surface area contributed by atoms with Crippen LogP contribution in [0.1, 0.15) is 29.5 Å². The zero-order valence-electron chi connectivity index (χ0n) is 15.2. The second kappa shape index (κ2) is 9.03. The minimum atomic E-state index is -0.869. The van der Waals surface area contributed by atoms with Crippen LogP contribution < -0.4 is 5.32 Å². The predicted octanol–water partition coefficient (Wildman–Crippen LogP) is 4.80. The van der Waals surface area contributed by atoms with Gasteiger partial charge in [-0.05, 0) is 36.2 Å². The highest BCUT2D eigenvalue weighted by atomic mass is 35.5. The highest BCUT2D eigenvalue weighted by Crippen LogP contribution is 2.25. The van der Waals surface area contributed by atoms with Crippen molar-refractivity contribution in [2.24, 2.45) is 0 Å². The number of halogens is 3. The van der Waals surface area contributed by atoms with E-state index in [-0.39, 0.29) is 36.3 Å². The van der Waals surface area contributed by atoms with Gasteiger partial charge in [0.1, 0.15) is 11.9 Å². The maximum atomic E-state index is 13.7. The van der Waals surface area contributed by atoms with Crippen LogP contribution in [0.5, 0.6) is 0 Å². The van der Waals surface area contributed by atoms with Gasteiger partial charge in [0.05, 0.1) is 16.1 Å². The van der Waals surface area contributed by atoms with Gasteiger partial charge < -0.3 is 9.84 Å². The number of hydrogen-bond acceptors (Lipinski definition) is 5. The molecule has 0 aliphatic rings. The van der Waals surface area contributed by atoms with E-state index >= 15 is 0 Å². The molecule has 148 valence electrons. The molecule has 0 saturated carbocycles. The van der Waals surface area contributed by atoms with Crippen LogP contribution in [0.3, 0.4) is 0 Å². The van der Waals surface area contributed by atoms with Crippen LogP contribution in [-0.4, -0.2) is 16.0 Å². The molecule has 0 bridgehead atoms. The molecule has 0 aliphatic carbocycles. The Morgan fingerprint density at radius 2 is 2.07 bits per heavy atom. The van der Waals surface area contributed by atoms with E-state index in [2.05, 4.69) is 15.5 Å². The molecule has 1 unspecified atom stereocenters. The number of hydrogen-bond donors (Lipinski definition) is 1. The van der Waals surface area contributed by atoms with Crippen LogP contribution in [-0.2, 0) is 11.2 Å². The third-order valence-corrected chi connectivity index (χ3v) is 4.91. The number of nitriles is 1. The lowest BCUT2D eigenvalue weighted by atomic mass is 10.1. The molecule has 1 aromatic heterocycles. The minimum Gasteiger partial charge on any atom is -0.339 e. The number of benzene rings is 2. The van der Waals surface area contributed by atoms with E-state index in [1.807, 2.05) is 6.07 Å². The molecule has 3 rings (SSSR count). The van der Waals surface area contributed by atoms with Crippen molar-refractivity contribution in [3.8, 4) is 17.5 Å². The Morgan fingerprint density at radius 3 is 2.76 bits per heavy atom. The number of nitrogens with zero attached hydrogens (tertiary/aromatic N) is 3. The van der Waals surface area contributed by atoms with E-state index in [0.717, 1.165) is 0 Å². The molecule has 29 heavy (non-hydrogen) atoms. The minimum absolute atomic E-state index is 0.0311. The second-order valence-corrected chi connectivity index (χ2v) is 7.09. The molecule has 9 heteroatoms. The van der Waals surface area contributed by atoms with E-state index in [1.165, 1.54) is 12.1 Å². The topological polar surface area (TPSA) is 91.8 Å². The van der Waals surface area contributed by atoms with Crippen LogP contribution in [0, 0.1) is 24.1 Å². The number of aromatic nitrogens is 2. The van der Waals surface area contributed by atoms with Gasteiger partial charge in [-0.2, -0.15) is 10.2 Å². The third kappa shape index (κ3) is 5.11. The number of rotatable bonds is 6. The fraction of sp³-hybridized carbons (Fsp3) is 0.200. The van der Waals surface area contributed by atoms with Crippen LogP contribution >= 0.6 is 23.2 Å². The van der Waals surface area contributed by atoms with Gasteiger partial charge in [-0.1, -0.05) is 46.6 Å². The fourth-order valence-corrected chi connectivity index (χ4v) is 2.85. The van der Waals surface area contributed by atoms with Crippen LogP contribution in [0.4, 0.5) is 4.39 Å².